The van der Waals surface area contributed by atoms with Crippen molar-refractivity contribution in [1.29, 1.82) is 0 Å². The second-order valence-electron chi connectivity index (χ2n) is 3.97. The van der Waals surface area contributed by atoms with Crippen LogP contribution in [0.1, 0.15) is 25.3 Å². The molecule has 0 spiro atoms. The van der Waals surface area contributed by atoms with Gasteiger partial charge in [0, 0.05) is 18.9 Å². The van der Waals surface area contributed by atoms with E-state index in [-0.39, 0.29) is 5.91 Å². The van der Waals surface area contributed by atoms with Crippen LogP contribution < -0.4 is 0 Å². The Hall–Kier alpha value is -1.20. The maximum atomic E-state index is 12.2. The average molecular weight is 278 g/mol. The summed E-state index contributed by atoms with van der Waals surface area (Å²) in [6.45, 7) is 2.81. The van der Waals surface area contributed by atoms with E-state index in [4.69, 9.17) is 12.2 Å². The fraction of sp³-hybridized carbons (Fsp3) is 0.308. The van der Waals surface area contributed by atoms with Gasteiger partial charge in [0.25, 0.3) is 5.91 Å². The van der Waals surface area contributed by atoms with Crippen molar-refractivity contribution in [3.05, 3.63) is 35.0 Å². The van der Waals surface area contributed by atoms with Crippen molar-refractivity contribution in [2.24, 2.45) is 0 Å². The highest BCUT2D eigenvalue weighted by atomic mass is 32.2. The first-order chi connectivity index (χ1) is 8.72. The van der Waals surface area contributed by atoms with E-state index in [1.807, 2.05) is 18.2 Å². The van der Waals surface area contributed by atoms with Gasteiger partial charge in [0.2, 0.25) is 0 Å². The number of amides is 1. The van der Waals surface area contributed by atoms with E-state index in [1.54, 1.807) is 17.3 Å². The molecule has 1 aliphatic heterocycles. The lowest BCUT2D eigenvalue weighted by molar-refractivity contribution is -0.122. The molecule has 0 bridgehead atoms. The number of thiocarbonyl (C=S) groups is 1. The highest BCUT2D eigenvalue weighted by Crippen LogP contribution is 2.32. The number of hydrogen-bond acceptors (Lipinski definition) is 4. The molecule has 2 rings (SSSR count). The molecule has 0 atom stereocenters. The van der Waals surface area contributed by atoms with Crippen LogP contribution >= 0.6 is 24.0 Å². The van der Waals surface area contributed by atoms with Gasteiger partial charge in [-0.1, -0.05) is 43.4 Å². The summed E-state index contributed by atoms with van der Waals surface area (Å²) in [6.07, 6.45) is 7.33. The molecule has 2 heterocycles. The van der Waals surface area contributed by atoms with Gasteiger partial charge < -0.3 is 0 Å². The zero-order chi connectivity index (χ0) is 13.0. The van der Waals surface area contributed by atoms with Gasteiger partial charge in [-0.3, -0.25) is 14.7 Å². The van der Waals surface area contributed by atoms with Crippen molar-refractivity contribution in [3.8, 4) is 0 Å². The molecule has 94 valence electrons. The number of hydrogen-bond donors (Lipinski definition) is 0. The van der Waals surface area contributed by atoms with Crippen molar-refractivity contribution < 1.29 is 4.79 Å². The largest absolute Gasteiger partial charge is 0.293 e. The quantitative estimate of drug-likeness (QED) is 0.626. The number of unbranched alkanes of at least 4 members (excludes halogenated alkanes) is 1. The molecule has 0 N–H and O–H groups in total. The Morgan fingerprint density at radius 2 is 2.39 bits per heavy atom. The highest BCUT2D eigenvalue weighted by molar-refractivity contribution is 8.26. The number of nitrogens with zero attached hydrogens (tertiary/aromatic N) is 2. The van der Waals surface area contributed by atoms with E-state index < -0.39 is 0 Å². The Bertz CT molecular complexity index is 485. The number of rotatable bonds is 4. The van der Waals surface area contributed by atoms with Crippen LogP contribution in [-0.2, 0) is 4.79 Å². The van der Waals surface area contributed by atoms with Crippen LogP contribution in [0.25, 0.3) is 6.08 Å². The molecule has 0 aliphatic carbocycles. The van der Waals surface area contributed by atoms with Crippen molar-refractivity contribution in [3.63, 3.8) is 0 Å². The third-order valence-corrected chi connectivity index (χ3v) is 3.97. The van der Waals surface area contributed by atoms with E-state index >= 15 is 0 Å². The summed E-state index contributed by atoms with van der Waals surface area (Å²) in [7, 11) is 0. The first-order valence-corrected chi connectivity index (χ1v) is 7.10. The zero-order valence-corrected chi connectivity index (χ0v) is 11.8. The van der Waals surface area contributed by atoms with Crippen LogP contribution in [-0.4, -0.2) is 26.7 Å². The molecule has 0 aromatic carbocycles. The summed E-state index contributed by atoms with van der Waals surface area (Å²) in [6, 6.07) is 3.77. The van der Waals surface area contributed by atoms with Gasteiger partial charge in [0.15, 0.2) is 0 Å². The first-order valence-electron chi connectivity index (χ1n) is 5.87. The van der Waals surface area contributed by atoms with E-state index in [1.165, 1.54) is 11.8 Å². The molecule has 3 nitrogen and oxygen atoms in total. The lowest BCUT2D eigenvalue weighted by Gasteiger charge is -2.12. The monoisotopic (exact) mass is 278 g/mol. The smallest absolute Gasteiger partial charge is 0.266 e. The lowest BCUT2D eigenvalue weighted by Crippen LogP contribution is -2.28. The minimum absolute atomic E-state index is 0.0160. The molecule has 5 heteroatoms. The molecule has 1 aromatic heterocycles. The average Bonchev–Trinajstić information content (AvgIpc) is 2.64. The van der Waals surface area contributed by atoms with E-state index in [9.17, 15) is 4.79 Å². The standard InChI is InChI=1S/C13H14N2OS2/c1-2-3-7-15-12(16)11(18-13(15)17)8-10-5-4-6-14-9-10/h4-6,8-9H,2-3,7H2,1H3. The number of carbonyl (C=O) groups excluding carboxylic acids is 1. The normalized spacial score (nSPS) is 17.8. The predicted molar refractivity (Wildman–Crippen MR) is 79.0 cm³/mol. The molecule has 0 saturated carbocycles. The third kappa shape index (κ3) is 2.97. The van der Waals surface area contributed by atoms with Crippen molar-refractivity contribution >= 4 is 40.3 Å². The minimum atomic E-state index is 0.0160. The molecule has 0 radical (unpaired) electrons. The third-order valence-electron chi connectivity index (χ3n) is 2.59. The topological polar surface area (TPSA) is 33.2 Å². The molecular weight excluding hydrogens is 264 g/mol. The summed E-state index contributed by atoms with van der Waals surface area (Å²) in [5, 5.41) is 0. The van der Waals surface area contributed by atoms with Crippen LogP contribution in [0.4, 0.5) is 0 Å². The van der Waals surface area contributed by atoms with Crippen LogP contribution in [0, 0.1) is 0 Å². The molecule has 1 amide bonds. The molecule has 1 aromatic rings. The molecule has 1 fully saturated rings. The van der Waals surface area contributed by atoms with Gasteiger partial charge in [-0.05, 0) is 24.1 Å². The van der Waals surface area contributed by atoms with Crippen LogP contribution in [0.3, 0.4) is 0 Å². The lowest BCUT2D eigenvalue weighted by atomic mass is 10.2. The maximum Gasteiger partial charge on any atom is 0.266 e. The second-order valence-corrected chi connectivity index (χ2v) is 5.65. The van der Waals surface area contributed by atoms with E-state index in [0.29, 0.717) is 15.8 Å². The summed E-state index contributed by atoms with van der Waals surface area (Å²) >= 11 is 6.60. The van der Waals surface area contributed by atoms with E-state index in [2.05, 4.69) is 11.9 Å². The molecule has 1 aliphatic rings. The van der Waals surface area contributed by atoms with Gasteiger partial charge in [0.1, 0.15) is 4.32 Å². The summed E-state index contributed by atoms with van der Waals surface area (Å²) in [4.78, 5) is 18.6. The van der Waals surface area contributed by atoms with E-state index in [0.717, 1.165) is 18.4 Å². The second kappa shape index (κ2) is 6.11. The number of thioether (sulfide) groups is 1. The van der Waals surface area contributed by atoms with Gasteiger partial charge in [-0.2, -0.15) is 0 Å². The van der Waals surface area contributed by atoms with Crippen molar-refractivity contribution in [2.75, 3.05) is 6.54 Å². The number of carbonyl (C=O) groups is 1. The van der Waals surface area contributed by atoms with Crippen LogP contribution in [0.5, 0.6) is 0 Å². The van der Waals surface area contributed by atoms with Crippen LogP contribution in [0.15, 0.2) is 29.4 Å². The fourth-order valence-electron chi connectivity index (χ4n) is 1.62. The molecule has 0 unspecified atom stereocenters. The van der Waals surface area contributed by atoms with Gasteiger partial charge in [0.05, 0.1) is 4.91 Å². The summed E-state index contributed by atoms with van der Waals surface area (Å²) < 4.78 is 0.656. The predicted octanol–water partition coefficient (Wildman–Crippen LogP) is 3.08. The Morgan fingerprint density at radius 1 is 1.56 bits per heavy atom. The molecule has 18 heavy (non-hydrogen) atoms. The Kier molecular flexibility index (Phi) is 4.49. The van der Waals surface area contributed by atoms with Crippen molar-refractivity contribution in [1.82, 2.24) is 9.88 Å². The molecule has 1 saturated heterocycles. The Labute approximate surface area is 116 Å². The van der Waals surface area contributed by atoms with Crippen molar-refractivity contribution in [2.45, 2.75) is 19.8 Å². The highest BCUT2D eigenvalue weighted by Gasteiger charge is 2.31. The first kappa shape index (κ1) is 13.2. The SMILES string of the molecule is CCCCN1C(=O)C(=Cc2cccnc2)SC1=S. The fourth-order valence-corrected chi connectivity index (χ4v) is 2.93. The zero-order valence-electron chi connectivity index (χ0n) is 10.1. The minimum Gasteiger partial charge on any atom is -0.293 e. The van der Waals surface area contributed by atoms with Gasteiger partial charge in [-0.25, -0.2) is 0 Å². The maximum absolute atomic E-state index is 12.2. The summed E-state index contributed by atoms with van der Waals surface area (Å²) in [5.74, 6) is 0.0160. The van der Waals surface area contributed by atoms with Gasteiger partial charge >= 0.3 is 0 Å². The summed E-state index contributed by atoms with van der Waals surface area (Å²) in [5.41, 5.74) is 0.925. The number of aromatic nitrogens is 1. The van der Waals surface area contributed by atoms with Gasteiger partial charge in [-0.15, -0.1) is 0 Å². The Morgan fingerprint density at radius 3 is 3.06 bits per heavy atom. The number of pyridine rings is 1. The molecular formula is C13H14N2OS2. The Balaban J connectivity index is 2.15. The van der Waals surface area contributed by atoms with Crippen LogP contribution in [0.2, 0.25) is 0 Å².